The first kappa shape index (κ1) is 13.1. The Morgan fingerprint density at radius 1 is 1.26 bits per heavy atom. The summed E-state index contributed by atoms with van der Waals surface area (Å²) < 4.78 is 11.1. The van der Waals surface area contributed by atoms with Crippen molar-refractivity contribution in [2.24, 2.45) is 0 Å². The molecule has 1 saturated heterocycles. The fraction of sp³-hybridized carbons (Fsp3) is 0.625. The van der Waals surface area contributed by atoms with Gasteiger partial charge in [0.1, 0.15) is 0 Å². The van der Waals surface area contributed by atoms with Crippen molar-refractivity contribution in [1.82, 2.24) is 5.32 Å². The highest BCUT2D eigenvalue weighted by Gasteiger charge is 2.23. The molecule has 1 aromatic rings. The Labute approximate surface area is 115 Å². The first-order valence-electron chi connectivity index (χ1n) is 7.37. The van der Waals surface area contributed by atoms with E-state index in [1.54, 1.807) is 0 Å². The lowest BCUT2D eigenvalue weighted by molar-refractivity contribution is -0.0526. The normalized spacial score (nSPS) is 22.4. The zero-order valence-electron chi connectivity index (χ0n) is 11.6. The van der Waals surface area contributed by atoms with Crippen LogP contribution in [0.1, 0.15) is 48.8 Å². The van der Waals surface area contributed by atoms with Crippen LogP contribution in [0, 0.1) is 0 Å². The maximum atomic E-state index is 5.55. The van der Waals surface area contributed by atoms with Gasteiger partial charge >= 0.3 is 0 Å². The van der Waals surface area contributed by atoms with Gasteiger partial charge in [-0.05, 0) is 36.9 Å². The zero-order chi connectivity index (χ0) is 13.1. The number of hydrogen-bond acceptors (Lipinski definition) is 3. The van der Waals surface area contributed by atoms with E-state index >= 15 is 0 Å². The van der Waals surface area contributed by atoms with Crippen LogP contribution in [-0.4, -0.2) is 26.6 Å². The number of hydrogen-bond donors (Lipinski definition) is 1. The second-order valence-electron chi connectivity index (χ2n) is 5.55. The highest BCUT2D eigenvalue weighted by Crippen LogP contribution is 2.37. The lowest BCUT2D eigenvalue weighted by Gasteiger charge is -2.27. The van der Waals surface area contributed by atoms with E-state index < -0.39 is 0 Å². The van der Waals surface area contributed by atoms with Gasteiger partial charge in [-0.3, -0.25) is 0 Å². The summed E-state index contributed by atoms with van der Waals surface area (Å²) in [6.45, 7) is 1.45. The largest absolute Gasteiger partial charge is 0.350 e. The number of ether oxygens (including phenoxy) is 2. The van der Waals surface area contributed by atoms with Crippen molar-refractivity contribution in [3.63, 3.8) is 0 Å². The van der Waals surface area contributed by atoms with E-state index in [2.05, 4.69) is 29.6 Å². The Hall–Kier alpha value is -0.900. The third-order valence-corrected chi connectivity index (χ3v) is 4.36. The SMILES string of the molecule is CNC(CC1OCCO1)c1cccc(C2CCC2)c1. The van der Waals surface area contributed by atoms with Crippen molar-refractivity contribution in [3.8, 4) is 0 Å². The zero-order valence-corrected chi connectivity index (χ0v) is 11.6. The Morgan fingerprint density at radius 3 is 2.68 bits per heavy atom. The Morgan fingerprint density at radius 2 is 2.05 bits per heavy atom. The molecule has 19 heavy (non-hydrogen) atoms. The highest BCUT2D eigenvalue weighted by atomic mass is 16.7. The molecule has 0 radical (unpaired) electrons. The van der Waals surface area contributed by atoms with Crippen LogP contribution in [0.15, 0.2) is 24.3 Å². The van der Waals surface area contributed by atoms with Crippen LogP contribution in [0.3, 0.4) is 0 Å². The lowest BCUT2D eigenvalue weighted by atomic mass is 9.79. The maximum absolute atomic E-state index is 5.55. The van der Waals surface area contributed by atoms with E-state index in [1.165, 1.54) is 30.4 Å². The van der Waals surface area contributed by atoms with Gasteiger partial charge in [-0.15, -0.1) is 0 Å². The standard InChI is InChI=1S/C16H23NO2/c1-17-15(11-16-18-8-9-19-16)14-7-3-6-13(10-14)12-4-2-5-12/h3,6-7,10,12,15-17H,2,4-5,8-9,11H2,1H3. The molecule has 104 valence electrons. The van der Waals surface area contributed by atoms with Crippen LogP contribution in [-0.2, 0) is 9.47 Å². The Balaban J connectivity index is 1.70. The monoisotopic (exact) mass is 261 g/mol. The van der Waals surface area contributed by atoms with Gasteiger partial charge in [-0.2, -0.15) is 0 Å². The summed E-state index contributed by atoms with van der Waals surface area (Å²) in [6, 6.07) is 9.33. The van der Waals surface area contributed by atoms with E-state index in [1.807, 2.05) is 7.05 Å². The molecule has 3 rings (SSSR count). The van der Waals surface area contributed by atoms with Crippen molar-refractivity contribution in [3.05, 3.63) is 35.4 Å². The average Bonchev–Trinajstić information content (AvgIpc) is 2.87. The molecule has 2 aliphatic rings. The second kappa shape index (κ2) is 6.04. The summed E-state index contributed by atoms with van der Waals surface area (Å²) in [5.74, 6) is 0.788. The molecule has 1 N–H and O–H groups in total. The minimum Gasteiger partial charge on any atom is -0.350 e. The lowest BCUT2D eigenvalue weighted by Crippen LogP contribution is -2.23. The van der Waals surface area contributed by atoms with Gasteiger partial charge in [-0.25, -0.2) is 0 Å². The van der Waals surface area contributed by atoms with Crippen molar-refractivity contribution in [2.75, 3.05) is 20.3 Å². The van der Waals surface area contributed by atoms with E-state index in [0.717, 1.165) is 25.6 Å². The van der Waals surface area contributed by atoms with E-state index in [0.29, 0.717) is 6.04 Å². The van der Waals surface area contributed by atoms with Crippen LogP contribution < -0.4 is 5.32 Å². The van der Waals surface area contributed by atoms with Crippen LogP contribution >= 0.6 is 0 Å². The molecule has 0 amide bonds. The number of nitrogens with one attached hydrogen (secondary N) is 1. The summed E-state index contributed by atoms with van der Waals surface area (Å²) in [6.07, 6.45) is 4.91. The predicted octanol–water partition coefficient (Wildman–Crippen LogP) is 2.98. The molecular weight excluding hydrogens is 238 g/mol. The van der Waals surface area contributed by atoms with E-state index in [4.69, 9.17) is 9.47 Å². The summed E-state index contributed by atoms with van der Waals surface area (Å²) in [7, 11) is 2.01. The fourth-order valence-electron chi connectivity index (χ4n) is 2.93. The number of rotatable bonds is 5. The highest BCUT2D eigenvalue weighted by molar-refractivity contribution is 5.29. The van der Waals surface area contributed by atoms with Gasteiger partial charge in [0.2, 0.25) is 0 Å². The first-order valence-corrected chi connectivity index (χ1v) is 7.37. The molecule has 0 spiro atoms. The van der Waals surface area contributed by atoms with Gasteiger partial charge < -0.3 is 14.8 Å². The molecule has 3 nitrogen and oxygen atoms in total. The number of benzene rings is 1. The summed E-state index contributed by atoms with van der Waals surface area (Å²) in [5.41, 5.74) is 2.85. The molecule has 1 heterocycles. The molecule has 1 aromatic carbocycles. The third-order valence-electron chi connectivity index (χ3n) is 4.36. The van der Waals surface area contributed by atoms with Crippen molar-refractivity contribution >= 4 is 0 Å². The van der Waals surface area contributed by atoms with Crippen molar-refractivity contribution in [2.45, 2.75) is 43.9 Å². The van der Waals surface area contributed by atoms with Crippen LogP contribution in [0.25, 0.3) is 0 Å². The molecule has 1 unspecified atom stereocenters. The quantitative estimate of drug-likeness (QED) is 0.884. The van der Waals surface area contributed by atoms with Crippen molar-refractivity contribution in [1.29, 1.82) is 0 Å². The first-order chi connectivity index (χ1) is 9.36. The van der Waals surface area contributed by atoms with Crippen LogP contribution in [0.2, 0.25) is 0 Å². The van der Waals surface area contributed by atoms with E-state index in [9.17, 15) is 0 Å². The van der Waals surface area contributed by atoms with E-state index in [-0.39, 0.29) is 6.29 Å². The van der Waals surface area contributed by atoms with Gasteiger partial charge in [0.15, 0.2) is 6.29 Å². The molecule has 2 fully saturated rings. The van der Waals surface area contributed by atoms with Crippen molar-refractivity contribution < 1.29 is 9.47 Å². The Bertz CT molecular complexity index is 411. The molecule has 1 aliphatic heterocycles. The average molecular weight is 261 g/mol. The summed E-state index contributed by atoms with van der Waals surface area (Å²) in [4.78, 5) is 0. The minimum atomic E-state index is -0.0511. The molecule has 0 aromatic heterocycles. The van der Waals surface area contributed by atoms with Gasteiger partial charge in [0.25, 0.3) is 0 Å². The molecule has 0 bridgehead atoms. The summed E-state index contributed by atoms with van der Waals surface area (Å²) in [5, 5.41) is 3.39. The molecule has 1 aliphatic carbocycles. The fourth-order valence-corrected chi connectivity index (χ4v) is 2.93. The second-order valence-corrected chi connectivity index (χ2v) is 5.55. The van der Waals surface area contributed by atoms with Crippen LogP contribution in [0.5, 0.6) is 0 Å². The maximum Gasteiger partial charge on any atom is 0.159 e. The van der Waals surface area contributed by atoms with Gasteiger partial charge in [-0.1, -0.05) is 30.7 Å². The minimum absolute atomic E-state index is 0.0511. The van der Waals surface area contributed by atoms with Gasteiger partial charge in [0.05, 0.1) is 13.2 Å². The predicted molar refractivity (Wildman–Crippen MR) is 75.1 cm³/mol. The topological polar surface area (TPSA) is 30.5 Å². The molecule has 3 heteroatoms. The summed E-state index contributed by atoms with van der Waals surface area (Å²) >= 11 is 0. The molecular formula is C16H23NO2. The third kappa shape index (κ3) is 2.99. The van der Waals surface area contributed by atoms with Gasteiger partial charge in [0, 0.05) is 12.5 Å². The molecule has 1 saturated carbocycles. The smallest absolute Gasteiger partial charge is 0.159 e. The van der Waals surface area contributed by atoms with Crippen LogP contribution in [0.4, 0.5) is 0 Å². The molecule has 1 atom stereocenters. The Kier molecular flexibility index (Phi) is 4.16.